The molecule has 1 amide bonds. The van der Waals surface area contributed by atoms with Gasteiger partial charge in [0.05, 0.1) is 5.57 Å². The number of aromatic nitrogens is 1. The summed E-state index contributed by atoms with van der Waals surface area (Å²) in [5.74, 6) is -1.07. The number of H-pyrrole nitrogens is 1. The third-order valence-corrected chi connectivity index (χ3v) is 7.74. The van der Waals surface area contributed by atoms with E-state index in [4.69, 9.17) is 0 Å². The molecule has 0 spiro atoms. The van der Waals surface area contributed by atoms with Gasteiger partial charge in [-0.05, 0) is 75.5 Å². The average molecular weight is 585 g/mol. The summed E-state index contributed by atoms with van der Waals surface area (Å²) in [5.41, 5.74) is 5.16. The summed E-state index contributed by atoms with van der Waals surface area (Å²) < 4.78 is 27.0. The molecule has 9 heteroatoms. The van der Waals surface area contributed by atoms with E-state index in [2.05, 4.69) is 34.4 Å². The molecule has 1 aliphatic heterocycles. The predicted molar refractivity (Wildman–Crippen MR) is 168 cm³/mol. The van der Waals surface area contributed by atoms with Crippen LogP contribution in [0.25, 0.3) is 11.6 Å². The van der Waals surface area contributed by atoms with Crippen molar-refractivity contribution in [3.8, 4) is 0 Å². The molecule has 0 saturated heterocycles. The first-order valence-corrected chi connectivity index (χ1v) is 15.0. The number of nitrogens with one attached hydrogen (secondary N) is 3. The van der Waals surface area contributed by atoms with Gasteiger partial charge in [-0.1, -0.05) is 33.8 Å². The highest BCUT2D eigenvalue weighted by molar-refractivity contribution is 7.98. The fourth-order valence-electron chi connectivity index (χ4n) is 4.26. The van der Waals surface area contributed by atoms with Gasteiger partial charge in [-0.3, -0.25) is 9.59 Å². The minimum Gasteiger partial charge on any atom is -0.358 e. The number of carbonyl (C=O) groups is 2. The van der Waals surface area contributed by atoms with Gasteiger partial charge in [-0.2, -0.15) is 0 Å². The number of nitrogens with zero attached hydrogens (tertiary/aromatic N) is 1. The molecule has 3 aromatic rings. The summed E-state index contributed by atoms with van der Waals surface area (Å²) >= 11 is 1.40. The summed E-state index contributed by atoms with van der Waals surface area (Å²) in [6, 6.07) is 9.07. The number of thioether (sulfide) groups is 1. The summed E-state index contributed by atoms with van der Waals surface area (Å²) in [5, 5.41) is 5.96. The van der Waals surface area contributed by atoms with Gasteiger partial charge in [0.15, 0.2) is 6.29 Å². The van der Waals surface area contributed by atoms with Crippen LogP contribution in [-0.2, 0) is 10.5 Å². The minimum atomic E-state index is -0.606. The van der Waals surface area contributed by atoms with Crippen molar-refractivity contribution in [3.05, 3.63) is 81.7 Å². The number of halogens is 2. The SMILES string of the molecule is CC.CCN(CC)CCNC.Cc1[nH]c(/C=C2\C(=O)Nc3ccc(SCc4ccc(F)cc4F)cc32)c(C)c1C=O. The molecular formula is C32H42F2N4O2S. The molecule has 6 nitrogen and oxygen atoms in total. The van der Waals surface area contributed by atoms with Crippen molar-refractivity contribution in [2.45, 2.75) is 52.2 Å². The molecule has 222 valence electrons. The number of likely N-dealkylation sites (N-methyl/N-ethyl adjacent to an activating group) is 2. The van der Waals surface area contributed by atoms with Crippen LogP contribution in [0, 0.1) is 25.5 Å². The lowest BCUT2D eigenvalue weighted by Crippen LogP contribution is -2.30. The van der Waals surface area contributed by atoms with E-state index in [1.54, 1.807) is 12.1 Å². The Labute approximate surface area is 247 Å². The van der Waals surface area contributed by atoms with Crippen LogP contribution in [0.4, 0.5) is 14.5 Å². The first-order chi connectivity index (χ1) is 19.7. The van der Waals surface area contributed by atoms with Gasteiger partial charge in [0, 0.05) is 58.0 Å². The van der Waals surface area contributed by atoms with Gasteiger partial charge in [-0.15, -0.1) is 11.8 Å². The molecule has 0 fully saturated rings. The molecule has 2 heterocycles. The Bertz CT molecular complexity index is 1350. The topological polar surface area (TPSA) is 77.2 Å². The number of amides is 1. The van der Waals surface area contributed by atoms with Crippen molar-refractivity contribution in [1.29, 1.82) is 0 Å². The van der Waals surface area contributed by atoms with Crippen LogP contribution in [-0.4, -0.2) is 55.3 Å². The molecule has 0 unspecified atom stereocenters. The number of aryl methyl sites for hydroxylation is 1. The molecule has 0 aliphatic carbocycles. The maximum atomic E-state index is 13.9. The highest BCUT2D eigenvalue weighted by Crippen LogP contribution is 2.37. The number of aromatic amines is 1. The number of anilines is 1. The molecule has 1 aromatic heterocycles. The van der Waals surface area contributed by atoms with E-state index >= 15 is 0 Å². The second-order valence-corrected chi connectivity index (χ2v) is 10.2. The number of carbonyl (C=O) groups excluding carboxylic acids is 2. The largest absolute Gasteiger partial charge is 0.358 e. The van der Waals surface area contributed by atoms with Gasteiger partial charge < -0.3 is 20.5 Å². The van der Waals surface area contributed by atoms with Gasteiger partial charge in [0.2, 0.25) is 0 Å². The lowest BCUT2D eigenvalue weighted by Gasteiger charge is -2.16. The van der Waals surface area contributed by atoms with Gasteiger partial charge in [0.1, 0.15) is 11.6 Å². The van der Waals surface area contributed by atoms with Crippen LogP contribution in [0.5, 0.6) is 0 Å². The highest BCUT2D eigenvalue weighted by atomic mass is 32.2. The van der Waals surface area contributed by atoms with Crippen LogP contribution in [0.2, 0.25) is 0 Å². The molecule has 4 rings (SSSR count). The van der Waals surface area contributed by atoms with Crippen LogP contribution in [0.15, 0.2) is 41.3 Å². The molecule has 0 radical (unpaired) electrons. The maximum absolute atomic E-state index is 13.9. The average Bonchev–Trinajstić information content (AvgIpc) is 3.43. The summed E-state index contributed by atoms with van der Waals surface area (Å²) in [7, 11) is 1.99. The summed E-state index contributed by atoms with van der Waals surface area (Å²) in [4.78, 5) is 30.2. The fourth-order valence-corrected chi connectivity index (χ4v) is 5.19. The van der Waals surface area contributed by atoms with Crippen molar-refractivity contribution in [2.75, 3.05) is 38.5 Å². The fraction of sp³-hybridized carbons (Fsp3) is 0.375. The lowest BCUT2D eigenvalue weighted by atomic mass is 10.0. The first kappa shape index (κ1) is 33.9. The number of aldehydes is 1. The van der Waals surface area contributed by atoms with Crippen LogP contribution < -0.4 is 10.6 Å². The Morgan fingerprint density at radius 2 is 1.76 bits per heavy atom. The zero-order chi connectivity index (χ0) is 30.5. The molecule has 0 saturated carbocycles. The van der Waals surface area contributed by atoms with Crippen molar-refractivity contribution in [1.82, 2.24) is 15.2 Å². The predicted octanol–water partition coefficient (Wildman–Crippen LogP) is 7.08. The Kier molecular flexibility index (Phi) is 14.0. The monoisotopic (exact) mass is 584 g/mol. The van der Waals surface area contributed by atoms with E-state index in [9.17, 15) is 18.4 Å². The Balaban J connectivity index is 0.000000459. The Morgan fingerprint density at radius 3 is 2.34 bits per heavy atom. The van der Waals surface area contributed by atoms with E-state index in [0.717, 1.165) is 53.7 Å². The van der Waals surface area contributed by atoms with E-state index in [1.165, 1.54) is 30.4 Å². The Hall–Kier alpha value is -3.27. The third-order valence-electron chi connectivity index (χ3n) is 6.70. The summed E-state index contributed by atoms with van der Waals surface area (Å²) in [6.07, 6.45) is 2.54. The van der Waals surface area contributed by atoms with Crippen LogP contribution in [0.3, 0.4) is 0 Å². The van der Waals surface area contributed by atoms with E-state index in [1.807, 2.05) is 46.9 Å². The van der Waals surface area contributed by atoms with E-state index in [0.29, 0.717) is 33.8 Å². The molecular weight excluding hydrogens is 542 g/mol. The lowest BCUT2D eigenvalue weighted by molar-refractivity contribution is -0.110. The molecule has 41 heavy (non-hydrogen) atoms. The van der Waals surface area contributed by atoms with Gasteiger partial charge >= 0.3 is 0 Å². The second-order valence-electron chi connectivity index (χ2n) is 9.19. The van der Waals surface area contributed by atoms with Gasteiger partial charge in [0.25, 0.3) is 5.91 Å². The number of hydrogen-bond acceptors (Lipinski definition) is 5. The van der Waals surface area contributed by atoms with Crippen LogP contribution in [0.1, 0.15) is 66.1 Å². The normalized spacial score (nSPS) is 12.8. The highest BCUT2D eigenvalue weighted by Gasteiger charge is 2.25. The van der Waals surface area contributed by atoms with E-state index in [-0.39, 0.29) is 5.91 Å². The number of benzene rings is 2. The second kappa shape index (κ2) is 16.9. The van der Waals surface area contributed by atoms with Crippen molar-refractivity contribution in [3.63, 3.8) is 0 Å². The minimum absolute atomic E-state index is 0.226. The Morgan fingerprint density at radius 1 is 1.05 bits per heavy atom. The van der Waals surface area contributed by atoms with Crippen molar-refractivity contribution in [2.24, 2.45) is 0 Å². The van der Waals surface area contributed by atoms with Crippen molar-refractivity contribution >= 4 is 41.3 Å². The van der Waals surface area contributed by atoms with E-state index < -0.39 is 11.6 Å². The zero-order valence-electron chi connectivity index (χ0n) is 25.1. The molecule has 3 N–H and O–H groups in total. The molecule has 2 aromatic carbocycles. The molecule has 0 atom stereocenters. The van der Waals surface area contributed by atoms with Gasteiger partial charge in [-0.25, -0.2) is 8.78 Å². The number of rotatable bonds is 10. The maximum Gasteiger partial charge on any atom is 0.256 e. The standard InChI is InChI=1S/C23H18F2N2O2S.C7H18N2.C2H6/c1-12-19(10-28)13(2)26-22(12)9-18-17-8-16(5-6-21(17)27-23(18)29)30-11-14-3-4-15(24)7-20(14)25;1-4-9(5-2)7-6-8-3;1-2/h3-10,26H,11H2,1-2H3,(H,27,29);8H,4-7H2,1-3H3;1-2H3/b18-9-;;. The molecule has 0 bridgehead atoms. The quantitative estimate of drug-likeness (QED) is 0.135. The molecule has 1 aliphatic rings. The third kappa shape index (κ3) is 9.11. The first-order valence-electron chi connectivity index (χ1n) is 14.0. The van der Waals surface area contributed by atoms with Crippen molar-refractivity contribution < 1.29 is 18.4 Å². The van der Waals surface area contributed by atoms with Crippen LogP contribution >= 0.6 is 11.8 Å². The zero-order valence-corrected chi connectivity index (χ0v) is 25.9. The number of hydrogen-bond donors (Lipinski definition) is 3. The summed E-state index contributed by atoms with van der Waals surface area (Å²) in [6.45, 7) is 16.6. The number of fused-ring (bicyclic) bond motifs is 1. The smallest absolute Gasteiger partial charge is 0.256 e.